The number of nitriles is 1. The summed E-state index contributed by atoms with van der Waals surface area (Å²) in [5, 5.41) is 13.8. The van der Waals surface area contributed by atoms with E-state index in [-0.39, 0.29) is 5.56 Å². The quantitative estimate of drug-likeness (QED) is 0.550. The molecule has 0 radical (unpaired) electrons. The fraction of sp³-hybridized carbons (Fsp3) is 0.182. The van der Waals surface area contributed by atoms with E-state index in [2.05, 4.69) is 23.1 Å². The number of aromatic nitrogens is 4. The van der Waals surface area contributed by atoms with Crippen molar-refractivity contribution < 1.29 is 0 Å². The minimum absolute atomic E-state index is 0.215. The lowest BCUT2D eigenvalue weighted by molar-refractivity contribution is 0.737. The van der Waals surface area contributed by atoms with E-state index in [0.29, 0.717) is 29.1 Å². The first-order valence-corrected chi connectivity index (χ1v) is 9.47. The SMILES string of the molecule is CCCN(Cc1ccc(C#N)cc1)c1nc2c(cnn2-c2ccccc2)c(=O)[nH]1. The Morgan fingerprint density at radius 1 is 1.14 bits per heavy atom. The van der Waals surface area contributed by atoms with Gasteiger partial charge in [-0.25, -0.2) is 4.68 Å². The molecule has 4 rings (SSSR count). The minimum Gasteiger partial charge on any atom is -0.338 e. The lowest BCUT2D eigenvalue weighted by Gasteiger charge is -2.22. The van der Waals surface area contributed by atoms with Gasteiger partial charge in [0.15, 0.2) is 5.65 Å². The molecule has 0 aliphatic heterocycles. The van der Waals surface area contributed by atoms with Crippen molar-refractivity contribution in [3.63, 3.8) is 0 Å². The van der Waals surface area contributed by atoms with Gasteiger partial charge in [0.25, 0.3) is 5.56 Å². The summed E-state index contributed by atoms with van der Waals surface area (Å²) in [6.45, 7) is 3.39. The third-order valence-corrected chi connectivity index (χ3v) is 4.68. The van der Waals surface area contributed by atoms with Gasteiger partial charge >= 0.3 is 0 Å². The van der Waals surface area contributed by atoms with Crippen molar-refractivity contribution in [1.29, 1.82) is 5.26 Å². The highest BCUT2D eigenvalue weighted by Crippen LogP contribution is 2.18. The smallest absolute Gasteiger partial charge is 0.263 e. The lowest BCUT2D eigenvalue weighted by atomic mass is 10.1. The van der Waals surface area contributed by atoms with Crippen molar-refractivity contribution in [3.8, 4) is 11.8 Å². The maximum Gasteiger partial charge on any atom is 0.263 e. The van der Waals surface area contributed by atoms with Crippen LogP contribution in [0.4, 0.5) is 5.95 Å². The van der Waals surface area contributed by atoms with Crippen LogP contribution < -0.4 is 10.5 Å². The molecule has 0 unspecified atom stereocenters. The molecule has 0 fully saturated rings. The summed E-state index contributed by atoms with van der Waals surface area (Å²) < 4.78 is 1.68. The van der Waals surface area contributed by atoms with Crippen molar-refractivity contribution in [1.82, 2.24) is 19.7 Å². The molecule has 1 N–H and O–H groups in total. The predicted octanol–water partition coefficient (Wildman–Crippen LogP) is 3.40. The Labute approximate surface area is 167 Å². The van der Waals surface area contributed by atoms with E-state index in [9.17, 15) is 4.79 Å². The number of nitrogens with zero attached hydrogens (tertiary/aromatic N) is 5. The van der Waals surface area contributed by atoms with Gasteiger partial charge in [-0.1, -0.05) is 37.3 Å². The maximum absolute atomic E-state index is 12.7. The Morgan fingerprint density at radius 3 is 2.59 bits per heavy atom. The topological polar surface area (TPSA) is 90.6 Å². The third kappa shape index (κ3) is 3.73. The largest absolute Gasteiger partial charge is 0.338 e. The number of nitrogens with one attached hydrogen (secondary N) is 1. The third-order valence-electron chi connectivity index (χ3n) is 4.68. The van der Waals surface area contributed by atoms with Gasteiger partial charge in [-0.05, 0) is 36.2 Å². The van der Waals surface area contributed by atoms with Crippen LogP contribution in [0.1, 0.15) is 24.5 Å². The second kappa shape index (κ2) is 7.98. The zero-order valence-corrected chi connectivity index (χ0v) is 16.0. The van der Waals surface area contributed by atoms with Crippen LogP contribution in [0.25, 0.3) is 16.7 Å². The summed E-state index contributed by atoms with van der Waals surface area (Å²) in [5.41, 5.74) is 2.82. The number of benzene rings is 2. The molecular weight excluding hydrogens is 364 g/mol. The number of H-pyrrole nitrogens is 1. The van der Waals surface area contributed by atoms with E-state index in [1.165, 1.54) is 0 Å². The van der Waals surface area contributed by atoms with E-state index in [1.54, 1.807) is 23.0 Å². The molecule has 0 saturated heterocycles. The van der Waals surface area contributed by atoms with Crippen LogP contribution in [0.15, 0.2) is 65.6 Å². The molecule has 144 valence electrons. The Balaban J connectivity index is 1.75. The fourth-order valence-electron chi connectivity index (χ4n) is 3.25. The highest BCUT2D eigenvalue weighted by atomic mass is 16.1. The lowest BCUT2D eigenvalue weighted by Crippen LogP contribution is -2.28. The monoisotopic (exact) mass is 384 g/mol. The van der Waals surface area contributed by atoms with Crippen molar-refractivity contribution in [2.75, 3.05) is 11.4 Å². The second-order valence-electron chi connectivity index (χ2n) is 6.75. The summed E-state index contributed by atoms with van der Waals surface area (Å²) >= 11 is 0. The molecule has 7 heteroatoms. The van der Waals surface area contributed by atoms with Crippen LogP contribution >= 0.6 is 0 Å². The summed E-state index contributed by atoms with van der Waals surface area (Å²) in [6, 6.07) is 19.2. The van der Waals surface area contributed by atoms with E-state index in [4.69, 9.17) is 10.2 Å². The molecule has 4 aromatic rings. The summed E-state index contributed by atoms with van der Waals surface area (Å²) in [7, 11) is 0. The number of aromatic amines is 1. The molecule has 0 saturated carbocycles. The highest BCUT2D eigenvalue weighted by Gasteiger charge is 2.15. The van der Waals surface area contributed by atoms with Crippen molar-refractivity contribution in [2.45, 2.75) is 19.9 Å². The molecule has 2 aromatic heterocycles. The molecule has 0 amide bonds. The van der Waals surface area contributed by atoms with Gasteiger partial charge in [-0.3, -0.25) is 9.78 Å². The molecule has 2 heterocycles. The van der Waals surface area contributed by atoms with E-state index in [0.717, 1.165) is 24.2 Å². The first-order valence-electron chi connectivity index (χ1n) is 9.47. The molecule has 0 aliphatic carbocycles. The minimum atomic E-state index is -0.215. The molecular formula is C22H20N6O. The molecule has 0 spiro atoms. The maximum atomic E-state index is 12.7. The van der Waals surface area contributed by atoms with Crippen LogP contribution in [0, 0.1) is 11.3 Å². The summed E-state index contributed by atoms with van der Waals surface area (Å²) in [5.74, 6) is 0.506. The first-order chi connectivity index (χ1) is 14.2. The van der Waals surface area contributed by atoms with E-state index < -0.39 is 0 Å². The van der Waals surface area contributed by atoms with Gasteiger partial charge in [-0.15, -0.1) is 0 Å². The Morgan fingerprint density at radius 2 is 1.90 bits per heavy atom. The number of hydrogen-bond acceptors (Lipinski definition) is 5. The average Bonchev–Trinajstić information content (AvgIpc) is 3.19. The number of anilines is 1. The van der Waals surface area contributed by atoms with Crippen LogP contribution in [-0.2, 0) is 6.54 Å². The molecule has 7 nitrogen and oxygen atoms in total. The predicted molar refractivity (Wildman–Crippen MR) is 112 cm³/mol. The van der Waals surface area contributed by atoms with Crippen LogP contribution in [-0.4, -0.2) is 26.3 Å². The Kier molecular flexibility index (Phi) is 5.08. The van der Waals surface area contributed by atoms with Gasteiger partial charge in [0.05, 0.1) is 23.5 Å². The van der Waals surface area contributed by atoms with Crippen molar-refractivity contribution in [3.05, 3.63) is 82.3 Å². The number of hydrogen-bond donors (Lipinski definition) is 1. The average molecular weight is 384 g/mol. The summed E-state index contributed by atoms with van der Waals surface area (Å²) in [6.07, 6.45) is 2.44. The van der Waals surface area contributed by atoms with Crippen molar-refractivity contribution >= 4 is 17.0 Å². The normalized spacial score (nSPS) is 10.8. The van der Waals surface area contributed by atoms with E-state index >= 15 is 0 Å². The van der Waals surface area contributed by atoms with Gasteiger partial charge in [-0.2, -0.15) is 15.3 Å². The fourth-order valence-corrected chi connectivity index (χ4v) is 3.25. The standard InChI is InChI=1S/C22H20N6O/c1-2-12-27(15-17-10-8-16(13-23)9-11-17)22-25-20-19(21(29)26-22)14-24-28(20)18-6-4-3-5-7-18/h3-11,14H,2,12,15H2,1H3,(H,25,26,29). The summed E-state index contributed by atoms with van der Waals surface area (Å²) in [4.78, 5) is 22.3. The van der Waals surface area contributed by atoms with Gasteiger partial charge in [0.1, 0.15) is 5.39 Å². The Bertz CT molecular complexity index is 1220. The number of para-hydroxylation sites is 1. The zero-order valence-electron chi connectivity index (χ0n) is 16.0. The molecule has 29 heavy (non-hydrogen) atoms. The van der Waals surface area contributed by atoms with Gasteiger partial charge in [0.2, 0.25) is 5.95 Å². The highest BCUT2D eigenvalue weighted by molar-refractivity contribution is 5.76. The van der Waals surface area contributed by atoms with Gasteiger partial charge < -0.3 is 4.90 Å². The number of rotatable bonds is 6. The Hall–Kier alpha value is -3.92. The van der Waals surface area contributed by atoms with Gasteiger partial charge in [0, 0.05) is 13.1 Å². The second-order valence-corrected chi connectivity index (χ2v) is 6.75. The van der Waals surface area contributed by atoms with Crippen LogP contribution in [0.5, 0.6) is 0 Å². The number of fused-ring (bicyclic) bond motifs is 1. The molecule has 0 atom stereocenters. The first kappa shape index (κ1) is 18.4. The molecule has 0 bridgehead atoms. The molecule has 2 aromatic carbocycles. The molecule has 0 aliphatic rings. The van der Waals surface area contributed by atoms with Crippen LogP contribution in [0.2, 0.25) is 0 Å². The van der Waals surface area contributed by atoms with Crippen molar-refractivity contribution in [2.24, 2.45) is 0 Å². The van der Waals surface area contributed by atoms with Crippen LogP contribution in [0.3, 0.4) is 0 Å². The zero-order chi connectivity index (χ0) is 20.2. The van der Waals surface area contributed by atoms with E-state index in [1.807, 2.05) is 47.4 Å².